The minimum absolute atomic E-state index is 0.221. The molecule has 1 N–H and O–H groups in total. The summed E-state index contributed by atoms with van der Waals surface area (Å²) in [6, 6.07) is 12.5. The smallest absolute Gasteiger partial charge is 0.282 e. The lowest BCUT2D eigenvalue weighted by Gasteiger charge is -2.05. The number of rotatable bonds is 1. The molecule has 2 aliphatic heterocycles. The van der Waals surface area contributed by atoms with Crippen LogP contribution < -0.4 is 5.56 Å². The first-order chi connectivity index (χ1) is 10.6. The average molecular weight is 293 g/mol. The number of fused-ring (bicyclic) bond motifs is 3. The topological polar surface area (TPSA) is 50.7 Å². The van der Waals surface area contributed by atoms with Crippen LogP contribution in [0.4, 0.5) is 4.39 Å². The summed E-state index contributed by atoms with van der Waals surface area (Å²) in [4.78, 5) is 15.4. The molecule has 0 bridgehead atoms. The van der Waals surface area contributed by atoms with Crippen molar-refractivity contribution in [3.05, 3.63) is 70.4 Å². The molecule has 4 rings (SSSR count). The molecular formula is C17H12FN3O. The van der Waals surface area contributed by atoms with Gasteiger partial charge in [-0.3, -0.25) is 4.79 Å². The third-order valence-electron chi connectivity index (χ3n) is 3.73. The van der Waals surface area contributed by atoms with Crippen LogP contribution in [0.5, 0.6) is 0 Å². The summed E-state index contributed by atoms with van der Waals surface area (Å²) in [7, 11) is 0. The monoisotopic (exact) mass is 293 g/mol. The summed E-state index contributed by atoms with van der Waals surface area (Å²) in [6.07, 6.45) is 1.52. The molecule has 0 saturated carbocycles. The summed E-state index contributed by atoms with van der Waals surface area (Å²) in [6.45, 7) is 1.81. The molecule has 0 saturated heterocycles. The van der Waals surface area contributed by atoms with E-state index in [2.05, 4.69) is 10.1 Å². The Balaban J connectivity index is 2.12. The maximum Gasteiger partial charge on any atom is 0.282 e. The fourth-order valence-corrected chi connectivity index (χ4v) is 2.71. The highest BCUT2D eigenvalue weighted by molar-refractivity contribution is 5.94. The molecule has 22 heavy (non-hydrogen) atoms. The van der Waals surface area contributed by atoms with E-state index in [1.165, 1.54) is 16.9 Å². The number of benzene rings is 2. The SMILES string of the molecule is Cc1cc(F)c2[nH]cc3c(=O)n(-c4ccccc4)nc-3c2c1. The molecule has 108 valence electrons. The fourth-order valence-electron chi connectivity index (χ4n) is 2.71. The van der Waals surface area contributed by atoms with Crippen molar-refractivity contribution in [3.8, 4) is 16.9 Å². The minimum atomic E-state index is -0.349. The van der Waals surface area contributed by atoms with Crippen molar-refractivity contribution >= 4 is 10.9 Å². The summed E-state index contributed by atoms with van der Waals surface area (Å²) in [5, 5.41) is 5.02. The standard InChI is InChI=1S/C17H12FN3O/c1-10-7-12-15-13(9-19-16(12)14(18)8-10)17(22)21(20-15)11-5-3-2-4-6-11/h2-9,19H,1H3. The van der Waals surface area contributed by atoms with Gasteiger partial charge in [-0.05, 0) is 36.8 Å². The summed E-state index contributed by atoms with van der Waals surface area (Å²) in [5.41, 5.74) is 2.56. The van der Waals surface area contributed by atoms with Gasteiger partial charge in [0, 0.05) is 11.6 Å². The van der Waals surface area contributed by atoms with Gasteiger partial charge in [0.1, 0.15) is 11.5 Å². The zero-order valence-corrected chi connectivity index (χ0v) is 11.8. The van der Waals surface area contributed by atoms with Gasteiger partial charge in [-0.1, -0.05) is 18.2 Å². The second-order valence-electron chi connectivity index (χ2n) is 5.27. The highest BCUT2D eigenvalue weighted by atomic mass is 19.1. The second-order valence-corrected chi connectivity index (χ2v) is 5.27. The number of H-pyrrole nitrogens is 1. The summed E-state index contributed by atoms with van der Waals surface area (Å²) >= 11 is 0. The van der Waals surface area contributed by atoms with Gasteiger partial charge in [-0.2, -0.15) is 9.78 Å². The van der Waals surface area contributed by atoms with Crippen molar-refractivity contribution < 1.29 is 4.39 Å². The number of hydrogen-bond donors (Lipinski definition) is 1. The molecular weight excluding hydrogens is 281 g/mol. The Morgan fingerprint density at radius 2 is 1.95 bits per heavy atom. The number of halogens is 1. The number of para-hydroxylation sites is 1. The molecule has 0 atom stereocenters. The second kappa shape index (κ2) is 4.53. The summed E-state index contributed by atoms with van der Waals surface area (Å²) in [5.74, 6) is -0.349. The Kier molecular flexibility index (Phi) is 2.63. The molecule has 2 heterocycles. The van der Waals surface area contributed by atoms with Gasteiger partial charge in [0.2, 0.25) is 0 Å². The molecule has 0 fully saturated rings. The molecule has 2 aliphatic rings. The molecule has 0 aliphatic carbocycles. The summed E-state index contributed by atoms with van der Waals surface area (Å²) < 4.78 is 15.4. The van der Waals surface area contributed by atoms with Crippen molar-refractivity contribution in [2.45, 2.75) is 6.92 Å². The number of aryl methyl sites for hydroxylation is 1. The van der Waals surface area contributed by atoms with Crippen LogP contribution in [0.25, 0.3) is 27.8 Å². The number of aromatic nitrogens is 3. The van der Waals surface area contributed by atoms with Gasteiger partial charge in [-0.15, -0.1) is 0 Å². The number of hydrogen-bond acceptors (Lipinski definition) is 2. The molecule has 0 radical (unpaired) electrons. The van der Waals surface area contributed by atoms with E-state index in [1.54, 1.807) is 0 Å². The highest BCUT2D eigenvalue weighted by Crippen LogP contribution is 2.28. The Morgan fingerprint density at radius 1 is 1.18 bits per heavy atom. The van der Waals surface area contributed by atoms with E-state index in [-0.39, 0.29) is 11.4 Å². The zero-order chi connectivity index (χ0) is 15.3. The fraction of sp³-hybridized carbons (Fsp3) is 0.0588. The highest BCUT2D eigenvalue weighted by Gasteiger charge is 2.20. The number of nitrogens with zero attached hydrogens (tertiary/aromatic N) is 2. The van der Waals surface area contributed by atoms with Crippen LogP contribution in [0.1, 0.15) is 5.56 Å². The Morgan fingerprint density at radius 3 is 2.73 bits per heavy atom. The molecule has 2 aromatic rings. The normalized spacial score (nSPS) is 11.4. The van der Waals surface area contributed by atoms with Crippen molar-refractivity contribution in [2.75, 3.05) is 0 Å². The zero-order valence-electron chi connectivity index (χ0n) is 11.8. The maximum atomic E-state index is 14.1. The van der Waals surface area contributed by atoms with Gasteiger partial charge in [0.15, 0.2) is 0 Å². The van der Waals surface area contributed by atoms with E-state index in [4.69, 9.17) is 0 Å². The first-order valence-corrected chi connectivity index (χ1v) is 6.91. The molecule has 2 aromatic carbocycles. The van der Waals surface area contributed by atoms with Crippen LogP contribution in [0.2, 0.25) is 0 Å². The lowest BCUT2D eigenvalue weighted by atomic mass is 10.1. The molecule has 4 nitrogen and oxygen atoms in total. The van der Waals surface area contributed by atoms with Crippen molar-refractivity contribution in [2.24, 2.45) is 0 Å². The molecule has 5 heteroatoms. The van der Waals surface area contributed by atoms with E-state index in [9.17, 15) is 9.18 Å². The molecule has 0 aromatic heterocycles. The first-order valence-electron chi connectivity index (χ1n) is 6.91. The quantitative estimate of drug-likeness (QED) is 0.585. The van der Waals surface area contributed by atoms with Gasteiger partial charge in [-0.25, -0.2) is 4.39 Å². The van der Waals surface area contributed by atoms with Crippen molar-refractivity contribution in [3.63, 3.8) is 0 Å². The number of nitrogens with one attached hydrogen (secondary N) is 1. The minimum Gasteiger partial charge on any atom is -0.358 e. The third-order valence-corrected chi connectivity index (χ3v) is 3.73. The lowest BCUT2D eigenvalue weighted by molar-refractivity contribution is 0.635. The molecule has 0 unspecified atom stereocenters. The van der Waals surface area contributed by atoms with Crippen LogP contribution in [0, 0.1) is 12.7 Å². The van der Waals surface area contributed by atoms with Crippen LogP contribution in [0.15, 0.2) is 53.5 Å². The van der Waals surface area contributed by atoms with Crippen LogP contribution in [0.3, 0.4) is 0 Å². The Bertz CT molecular complexity index is 1020. The lowest BCUT2D eigenvalue weighted by Crippen LogP contribution is -2.14. The number of aromatic amines is 1. The first kappa shape index (κ1) is 12.8. The largest absolute Gasteiger partial charge is 0.358 e. The van der Waals surface area contributed by atoms with Gasteiger partial charge < -0.3 is 4.98 Å². The van der Waals surface area contributed by atoms with E-state index < -0.39 is 0 Å². The predicted octanol–water partition coefficient (Wildman–Crippen LogP) is 3.27. The average Bonchev–Trinajstić information content (AvgIpc) is 2.86. The van der Waals surface area contributed by atoms with Gasteiger partial charge >= 0.3 is 0 Å². The van der Waals surface area contributed by atoms with E-state index in [0.29, 0.717) is 27.8 Å². The van der Waals surface area contributed by atoms with E-state index >= 15 is 0 Å². The van der Waals surface area contributed by atoms with E-state index in [0.717, 1.165) is 5.56 Å². The third kappa shape index (κ3) is 1.75. The van der Waals surface area contributed by atoms with Crippen molar-refractivity contribution in [1.29, 1.82) is 0 Å². The molecule has 0 amide bonds. The van der Waals surface area contributed by atoms with E-state index in [1.807, 2.05) is 43.3 Å². The van der Waals surface area contributed by atoms with Crippen LogP contribution in [-0.4, -0.2) is 14.8 Å². The predicted molar refractivity (Wildman–Crippen MR) is 83.0 cm³/mol. The molecule has 0 spiro atoms. The van der Waals surface area contributed by atoms with Crippen molar-refractivity contribution in [1.82, 2.24) is 14.8 Å². The van der Waals surface area contributed by atoms with Gasteiger partial charge in [0.05, 0.1) is 16.8 Å². The van der Waals surface area contributed by atoms with Crippen LogP contribution in [-0.2, 0) is 0 Å². The van der Waals surface area contributed by atoms with Crippen LogP contribution >= 0.6 is 0 Å². The maximum absolute atomic E-state index is 14.1. The Hall–Kier alpha value is -2.95. The number of pyridine rings is 1. The van der Waals surface area contributed by atoms with Gasteiger partial charge in [0.25, 0.3) is 5.56 Å². The Labute approximate surface area is 125 Å².